The number of nitrogens with one attached hydrogen (secondary N) is 2. The van der Waals surface area contributed by atoms with Crippen molar-refractivity contribution in [2.24, 2.45) is 0 Å². The Bertz CT molecular complexity index is 436. The molecular formula is C15H28N2O6. The first-order valence-corrected chi connectivity index (χ1v) is 7.40. The molecule has 0 aliphatic heterocycles. The summed E-state index contributed by atoms with van der Waals surface area (Å²) in [4.78, 5) is 40.1. The second-order valence-electron chi connectivity index (χ2n) is 7.25. The minimum atomic E-state index is -1.17. The molecule has 0 saturated carbocycles. The molecule has 2 atom stereocenters. The lowest BCUT2D eigenvalue weighted by molar-refractivity contribution is -0.159. The summed E-state index contributed by atoms with van der Waals surface area (Å²) in [5.74, 6) is -2.42. The minimum Gasteiger partial charge on any atom is -0.481 e. The fourth-order valence-electron chi connectivity index (χ4n) is 1.37. The Balaban J connectivity index is 4.75. The van der Waals surface area contributed by atoms with E-state index in [-0.39, 0.29) is 0 Å². The Hall–Kier alpha value is -1.67. The fraction of sp³-hybridized carbons (Fsp3) is 0.800. The van der Waals surface area contributed by atoms with Gasteiger partial charge < -0.3 is 15.2 Å². The van der Waals surface area contributed by atoms with Crippen LogP contribution in [-0.4, -0.2) is 46.2 Å². The number of carbonyl (C=O) groups excluding carboxylic acids is 2. The predicted octanol–water partition coefficient (Wildman–Crippen LogP) is 0.996. The van der Waals surface area contributed by atoms with Crippen LogP contribution in [0.25, 0.3) is 0 Å². The van der Waals surface area contributed by atoms with E-state index >= 15 is 0 Å². The maximum absolute atomic E-state index is 12.2. The Labute approximate surface area is 136 Å². The van der Waals surface area contributed by atoms with Gasteiger partial charge in [-0.2, -0.15) is 5.48 Å². The highest BCUT2D eigenvalue weighted by Gasteiger charge is 2.28. The van der Waals surface area contributed by atoms with Gasteiger partial charge in [-0.05, 0) is 48.5 Å². The number of ether oxygens (including phenoxy) is 1. The molecule has 134 valence electrons. The molecule has 3 N–H and O–H groups in total. The SMILES string of the molecule is C[C@H](NC(=O)[C@H](CC(=O)O)NOC(C)(C)C)C(=O)OC(C)(C)C. The molecule has 0 spiro atoms. The molecular weight excluding hydrogens is 304 g/mol. The van der Waals surface area contributed by atoms with Crippen molar-refractivity contribution < 1.29 is 29.1 Å². The van der Waals surface area contributed by atoms with Crippen LogP contribution in [0.2, 0.25) is 0 Å². The van der Waals surface area contributed by atoms with E-state index in [1.165, 1.54) is 6.92 Å². The third-order valence-electron chi connectivity index (χ3n) is 2.32. The Kier molecular flexibility index (Phi) is 7.66. The average molecular weight is 332 g/mol. The number of carboxylic acids is 1. The van der Waals surface area contributed by atoms with E-state index in [2.05, 4.69) is 10.8 Å². The first-order valence-electron chi connectivity index (χ1n) is 7.40. The number of rotatable bonds is 7. The zero-order chi connectivity index (χ0) is 18.4. The van der Waals surface area contributed by atoms with E-state index in [0.717, 1.165) is 0 Å². The first kappa shape index (κ1) is 21.3. The van der Waals surface area contributed by atoms with Crippen LogP contribution in [0.3, 0.4) is 0 Å². The molecule has 0 aromatic rings. The number of carbonyl (C=O) groups is 3. The van der Waals surface area contributed by atoms with Crippen molar-refractivity contribution >= 4 is 17.8 Å². The van der Waals surface area contributed by atoms with Gasteiger partial charge in [0.15, 0.2) is 0 Å². The summed E-state index contributed by atoms with van der Waals surface area (Å²) in [6.07, 6.45) is -0.483. The standard InChI is InChI=1S/C15H28N2O6/c1-9(13(21)22-14(2,3)4)16-12(20)10(8-11(18)19)17-23-15(5,6)7/h9-10,17H,8H2,1-7H3,(H,16,20)(H,18,19)/t9-,10-/m0/s1. The van der Waals surface area contributed by atoms with Crippen molar-refractivity contribution in [3.05, 3.63) is 0 Å². The van der Waals surface area contributed by atoms with Gasteiger partial charge in [-0.15, -0.1) is 0 Å². The molecule has 0 radical (unpaired) electrons. The zero-order valence-electron chi connectivity index (χ0n) is 14.9. The van der Waals surface area contributed by atoms with Gasteiger partial charge in [0.2, 0.25) is 5.91 Å². The zero-order valence-corrected chi connectivity index (χ0v) is 14.9. The summed E-state index contributed by atoms with van der Waals surface area (Å²) in [7, 11) is 0. The first-order chi connectivity index (χ1) is 10.2. The molecule has 0 aliphatic rings. The molecule has 0 saturated heterocycles. The van der Waals surface area contributed by atoms with E-state index in [9.17, 15) is 14.4 Å². The molecule has 0 fully saturated rings. The normalized spacial score (nSPS) is 14.7. The summed E-state index contributed by atoms with van der Waals surface area (Å²) in [6, 6.07) is -2.04. The topological polar surface area (TPSA) is 114 Å². The maximum atomic E-state index is 12.2. The summed E-state index contributed by atoms with van der Waals surface area (Å²) in [5.41, 5.74) is 1.16. The van der Waals surface area contributed by atoms with Gasteiger partial charge in [0.05, 0.1) is 12.0 Å². The maximum Gasteiger partial charge on any atom is 0.328 e. The number of hydrogen-bond acceptors (Lipinski definition) is 6. The van der Waals surface area contributed by atoms with Crippen molar-refractivity contribution in [2.45, 2.75) is 78.2 Å². The second kappa shape index (κ2) is 8.26. The van der Waals surface area contributed by atoms with Crippen molar-refractivity contribution in [3.8, 4) is 0 Å². The molecule has 0 aromatic carbocycles. The summed E-state index contributed by atoms with van der Waals surface area (Å²) in [5, 5.41) is 11.3. The van der Waals surface area contributed by atoms with Crippen LogP contribution in [-0.2, 0) is 24.0 Å². The highest BCUT2D eigenvalue weighted by atomic mass is 16.7. The van der Waals surface area contributed by atoms with E-state index in [0.29, 0.717) is 0 Å². The van der Waals surface area contributed by atoms with Gasteiger partial charge in [0.25, 0.3) is 0 Å². The van der Waals surface area contributed by atoms with Crippen LogP contribution >= 0.6 is 0 Å². The molecule has 1 amide bonds. The quantitative estimate of drug-likeness (QED) is 0.470. The van der Waals surface area contributed by atoms with Gasteiger partial charge >= 0.3 is 11.9 Å². The molecule has 0 aromatic heterocycles. The van der Waals surface area contributed by atoms with Crippen LogP contribution in [0.1, 0.15) is 54.9 Å². The lowest BCUT2D eigenvalue weighted by Gasteiger charge is -2.26. The minimum absolute atomic E-state index is 0.483. The lowest BCUT2D eigenvalue weighted by Crippen LogP contribution is -2.52. The van der Waals surface area contributed by atoms with Gasteiger partial charge in [0.1, 0.15) is 17.7 Å². The van der Waals surface area contributed by atoms with Gasteiger partial charge in [-0.1, -0.05) is 0 Å². The Morgan fingerprint density at radius 2 is 1.57 bits per heavy atom. The van der Waals surface area contributed by atoms with Crippen LogP contribution in [0.4, 0.5) is 0 Å². The Morgan fingerprint density at radius 1 is 1.04 bits per heavy atom. The highest BCUT2D eigenvalue weighted by molar-refractivity contribution is 5.89. The molecule has 0 bridgehead atoms. The van der Waals surface area contributed by atoms with Gasteiger partial charge in [-0.25, -0.2) is 4.79 Å². The smallest absolute Gasteiger partial charge is 0.328 e. The summed E-state index contributed by atoms with van der Waals surface area (Å²) in [6.45, 7) is 11.9. The van der Waals surface area contributed by atoms with E-state index in [1.54, 1.807) is 41.5 Å². The largest absolute Gasteiger partial charge is 0.481 e. The second-order valence-corrected chi connectivity index (χ2v) is 7.25. The number of hydroxylamine groups is 1. The van der Waals surface area contributed by atoms with Crippen LogP contribution in [0.5, 0.6) is 0 Å². The molecule has 0 unspecified atom stereocenters. The van der Waals surface area contributed by atoms with Crippen molar-refractivity contribution in [1.29, 1.82) is 0 Å². The third kappa shape index (κ3) is 10.6. The fourth-order valence-corrected chi connectivity index (χ4v) is 1.37. The van der Waals surface area contributed by atoms with Crippen molar-refractivity contribution in [1.82, 2.24) is 10.8 Å². The molecule has 0 heterocycles. The number of amides is 1. The number of aliphatic carboxylic acids is 1. The molecule has 8 heteroatoms. The summed E-state index contributed by atoms with van der Waals surface area (Å²) < 4.78 is 5.15. The average Bonchev–Trinajstić information content (AvgIpc) is 2.30. The van der Waals surface area contributed by atoms with E-state index < -0.39 is 47.6 Å². The Morgan fingerprint density at radius 3 is 1.96 bits per heavy atom. The van der Waals surface area contributed by atoms with Crippen LogP contribution in [0.15, 0.2) is 0 Å². The number of esters is 1. The number of hydrogen-bond donors (Lipinski definition) is 3. The van der Waals surface area contributed by atoms with Gasteiger partial charge in [0, 0.05) is 0 Å². The predicted molar refractivity (Wildman–Crippen MR) is 83.5 cm³/mol. The van der Waals surface area contributed by atoms with Gasteiger partial charge in [-0.3, -0.25) is 14.4 Å². The molecule has 0 aliphatic carbocycles. The highest BCUT2D eigenvalue weighted by Crippen LogP contribution is 2.09. The number of carboxylic acid groups (broad SMARTS) is 1. The lowest BCUT2D eigenvalue weighted by atomic mass is 10.1. The van der Waals surface area contributed by atoms with E-state index in [1.807, 2.05) is 0 Å². The monoisotopic (exact) mass is 332 g/mol. The van der Waals surface area contributed by atoms with E-state index in [4.69, 9.17) is 14.7 Å². The van der Waals surface area contributed by atoms with Crippen LogP contribution in [0, 0.1) is 0 Å². The molecule has 23 heavy (non-hydrogen) atoms. The van der Waals surface area contributed by atoms with Crippen LogP contribution < -0.4 is 10.8 Å². The van der Waals surface area contributed by atoms with Crippen molar-refractivity contribution in [3.63, 3.8) is 0 Å². The third-order valence-corrected chi connectivity index (χ3v) is 2.32. The molecule has 0 rings (SSSR count). The summed E-state index contributed by atoms with van der Waals surface area (Å²) >= 11 is 0. The van der Waals surface area contributed by atoms with Crippen molar-refractivity contribution in [2.75, 3.05) is 0 Å². The molecule has 8 nitrogen and oxygen atoms in total.